The van der Waals surface area contributed by atoms with E-state index in [1.807, 2.05) is 31.2 Å². The molecule has 1 atom stereocenters. The van der Waals surface area contributed by atoms with Gasteiger partial charge in [-0.05, 0) is 19.1 Å². The number of carbonyl (C=O) groups excluding carboxylic acids is 1. The molecule has 3 heterocycles. The molecular formula is C17H21N5O2. The van der Waals surface area contributed by atoms with Crippen molar-refractivity contribution in [1.29, 1.82) is 0 Å². The van der Waals surface area contributed by atoms with Gasteiger partial charge in [-0.25, -0.2) is 9.97 Å². The largest absolute Gasteiger partial charge is 0.368 e. The number of ether oxygens (including phenoxy) is 1. The van der Waals surface area contributed by atoms with Gasteiger partial charge in [0.25, 0.3) is 0 Å². The van der Waals surface area contributed by atoms with E-state index in [1.54, 1.807) is 18.0 Å². The van der Waals surface area contributed by atoms with Gasteiger partial charge >= 0.3 is 0 Å². The smallest absolute Gasteiger partial charge is 0.219 e. The number of aromatic nitrogens is 3. The Kier molecular flexibility index (Phi) is 5.00. The summed E-state index contributed by atoms with van der Waals surface area (Å²) in [6.45, 7) is 5.67. The number of anilines is 1. The van der Waals surface area contributed by atoms with Crippen LogP contribution in [-0.4, -0.2) is 45.5 Å². The Hall–Kier alpha value is -2.54. The first kappa shape index (κ1) is 16.3. The predicted octanol–water partition coefficient (Wildman–Crippen LogP) is 1.71. The number of amides is 1. The molecule has 0 saturated carbocycles. The van der Waals surface area contributed by atoms with Gasteiger partial charge in [0.05, 0.1) is 31.1 Å². The highest BCUT2D eigenvalue weighted by molar-refractivity contribution is 5.73. The van der Waals surface area contributed by atoms with E-state index in [2.05, 4.69) is 20.3 Å². The van der Waals surface area contributed by atoms with E-state index in [0.717, 1.165) is 17.2 Å². The van der Waals surface area contributed by atoms with Crippen LogP contribution in [0.5, 0.6) is 0 Å². The molecule has 0 spiro atoms. The van der Waals surface area contributed by atoms with Crippen molar-refractivity contribution in [2.75, 3.05) is 25.0 Å². The van der Waals surface area contributed by atoms with Crippen LogP contribution in [0.4, 0.5) is 5.82 Å². The summed E-state index contributed by atoms with van der Waals surface area (Å²) in [5, 5.41) is 3.27. The maximum atomic E-state index is 11.6. The number of carbonyl (C=O) groups is 1. The van der Waals surface area contributed by atoms with Gasteiger partial charge in [0.2, 0.25) is 5.91 Å². The molecule has 1 aliphatic heterocycles. The fourth-order valence-corrected chi connectivity index (χ4v) is 2.64. The second-order valence-electron chi connectivity index (χ2n) is 5.72. The molecule has 2 aromatic heterocycles. The molecule has 0 aliphatic carbocycles. The lowest BCUT2D eigenvalue weighted by Gasteiger charge is -2.32. The van der Waals surface area contributed by atoms with Crippen molar-refractivity contribution in [3.8, 4) is 0 Å². The minimum absolute atomic E-state index is 0.0579. The Morgan fingerprint density at radius 1 is 1.42 bits per heavy atom. The summed E-state index contributed by atoms with van der Waals surface area (Å²) >= 11 is 0. The molecule has 7 nitrogen and oxygen atoms in total. The number of morpholine rings is 1. The summed E-state index contributed by atoms with van der Waals surface area (Å²) in [6, 6.07) is 7.67. The molecule has 1 saturated heterocycles. The average molecular weight is 327 g/mol. The minimum Gasteiger partial charge on any atom is -0.368 e. The molecule has 0 unspecified atom stereocenters. The van der Waals surface area contributed by atoms with E-state index in [4.69, 9.17) is 4.74 Å². The van der Waals surface area contributed by atoms with Crippen LogP contribution >= 0.6 is 0 Å². The normalized spacial score (nSPS) is 17.6. The van der Waals surface area contributed by atoms with E-state index >= 15 is 0 Å². The molecule has 0 bridgehead atoms. The quantitative estimate of drug-likeness (QED) is 0.921. The fraction of sp³-hybridized carbons (Fsp3) is 0.412. The van der Waals surface area contributed by atoms with E-state index in [9.17, 15) is 4.79 Å². The first-order chi connectivity index (χ1) is 11.6. The van der Waals surface area contributed by atoms with Gasteiger partial charge in [0, 0.05) is 25.7 Å². The lowest BCUT2D eigenvalue weighted by atomic mass is 10.2. The van der Waals surface area contributed by atoms with Gasteiger partial charge in [-0.1, -0.05) is 6.07 Å². The van der Waals surface area contributed by atoms with Gasteiger partial charge < -0.3 is 15.0 Å². The van der Waals surface area contributed by atoms with Crippen LogP contribution in [0.15, 0.2) is 30.5 Å². The molecule has 24 heavy (non-hydrogen) atoms. The van der Waals surface area contributed by atoms with Gasteiger partial charge in [-0.2, -0.15) is 0 Å². The number of pyridine rings is 1. The zero-order valence-electron chi connectivity index (χ0n) is 13.9. The Labute approximate surface area is 141 Å². The third-order valence-corrected chi connectivity index (χ3v) is 3.88. The highest BCUT2D eigenvalue weighted by Crippen LogP contribution is 2.22. The van der Waals surface area contributed by atoms with Crippen LogP contribution in [0, 0.1) is 6.92 Å². The summed E-state index contributed by atoms with van der Waals surface area (Å²) in [5.74, 6) is 1.45. The van der Waals surface area contributed by atoms with Gasteiger partial charge in [0.15, 0.2) is 0 Å². The standard InChI is InChI=1S/C17H21N5O2/c1-12-20-15(16-11-22(13(2)23)7-8-24-16)9-17(21-12)19-10-14-5-3-4-6-18-14/h3-6,9,16H,7-8,10-11H2,1-2H3,(H,19,20,21)/t16-/m0/s1. The number of aryl methyl sites for hydroxylation is 1. The zero-order valence-corrected chi connectivity index (χ0v) is 13.9. The molecule has 126 valence electrons. The molecule has 2 aromatic rings. The number of nitrogens with zero attached hydrogens (tertiary/aromatic N) is 4. The highest BCUT2D eigenvalue weighted by Gasteiger charge is 2.25. The summed E-state index contributed by atoms with van der Waals surface area (Å²) in [4.78, 5) is 26.5. The molecule has 1 amide bonds. The average Bonchev–Trinajstić information content (AvgIpc) is 2.60. The van der Waals surface area contributed by atoms with Crippen LogP contribution in [0.3, 0.4) is 0 Å². The minimum atomic E-state index is -0.222. The van der Waals surface area contributed by atoms with Crippen LogP contribution < -0.4 is 5.32 Å². The van der Waals surface area contributed by atoms with Crippen LogP contribution in [-0.2, 0) is 16.1 Å². The second-order valence-corrected chi connectivity index (χ2v) is 5.72. The van der Waals surface area contributed by atoms with Gasteiger partial charge in [0.1, 0.15) is 17.7 Å². The van der Waals surface area contributed by atoms with Crippen molar-refractivity contribution < 1.29 is 9.53 Å². The molecular weight excluding hydrogens is 306 g/mol. The topological polar surface area (TPSA) is 80.2 Å². The second kappa shape index (κ2) is 7.35. The van der Waals surface area contributed by atoms with Crippen LogP contribution in [0.1, 0.15) is 30.2 Å². The maximum Gasteiger partial charge on any atom is 0.219 e. The SMILES string of the molecule is CC(=O)N1CCO[C@H](c2cc(NCc3ccccn3)nc(C)n2)C1. The third-order valence-electron chi connectivity index (χ3n) is 3.88. The highest BCUT2D eigenvalue weighted by atomic mass is 16.5. The predicted molar refractivity (Wildman–Crippen MR) is 89.3 cm³/mol. The van der Waals surface area contributed by atoms with Gasteiger partial charge in [-0.3, -0.25) is 9.78 Å². The summed E-state index contributed by atoms with van der Waals surface area (Å²) in [6.07, 6.45) is 1.54. The van der Waals surface area contributed by atoms with Crippen molar-refractivity contribution in [1.82, 2.24) is 19.9 Å². The molecule has 1 N–H and O–H groups in total. The maximum absolute atomic E-state index is 11.6. The van der Waals surface area contributed by atoms with E-state index in [0.29, 0.717) is 32.1 Å². The number of hydrogen-bond acceptors (Lipinski definition) is 6. The van der Waals surface area contributed by atoms with Crippen molar-refractivity contribution in [2.24, 2.45) is 0 Å². The van der Waals surface area contributed by atoms with Crippen LogP contribution in [0.25, 0.3) is 0 Å². The number of nitrogens with one attached hydrogen (secondary N) is 1. The Bertz CT molecular complexity index is 707. The number of hydrogen-bond donors (Lipinski definition) is 1. The first-order valence-electron chi connectivity index (χ1n) is 7.98. The van der Waals surface area contributed by atoms with Gasteiger partial charge in [-0.15, -0.1) is 0 Å². The Balaban J connectivity index is 1.72. The molecule has 1 fully saturated rings. The Morgan fingerprint density at radius 2 is 2.29 bits per heavy atom. The van der Waals surface area contributed by atoms with Crippen molar-refractivity contribution >= 4 is 11.7 Å². The van der Waals surface area contributed by atoms with E-state index < -0.39 is 0 Å². The summed E-state index contributed by atoms with van der Waals surface area (Å²) in [7, 11) is 0. The zero-order chi connectivity index (χ0) is 16.9. The molecule has 1 aliphatic rings. The Morgan fingerprint density at radius 3 is 3.04 bits per heavy atom. The van der Waals surface area contributed by atoms with Crippen molar-refractivity contribution in [3.63, 3.8) is 0 Å². The molecule has 7 heteroatoms. The van der Waals surface area contributed by atoms with Crippen molar-refractivity contribution in [3.05, 3.63) is 47.7 Å². The lowest BCUT2D eigenvalue weighted by molar-refractivity contribution is -0.136. The van der Waals surface area contributed by atoms with Crippen LogP contribution in [0.2, 0.25) is 0 Å². The van der Waals surface area contributed by atoms with Crippen molar-refractivity contribution in [2.45, 2.75) is 26.5 Å². The molecule has 0 radical (unpaired) electrons. The van der Waals surface area contributed by atoms with E-state index in [1.165, 1.54) is 0 Å². The van der Waals surface area contributed by atoms with E-state index in [-0.39, 0.29) is 12.0 Å². The summed E-state index contributed by atoms with van der Waals surface area (Å²) in [5.41, 5.74) is 1.73. The fourth-order valence-electron chi connectivity index (χ4n) is 2.64. The third kappa shape index (κ3) is 4.05. The lowest BCUT2D eigenvalue weighted by Crippen LogP contribution is -2.41. The monoisotopic (exact) mass is 327 g/mol. The molecule has 3 rings (SSSR count). The summed E-state index contributed by atoms with van der Waals surface area (Å²) < 4.78 is 5.79. The number of rotatable bonds is 4. The first-order valence-corrected chi connectivity index (χ1v) is 7.98. The molecule has 0 aromatic carbocycles.